The van der Waals surface area contributed by atoms with Crippen LogP contribution < -0.4 is 10.1 Å². The van der Waals surface area contributed by atoms with Gasteiger partial charge >= 0.3 is 0 Å². The average molecular weight is 245 g/mol. The van der Waals surface area contributed by atoms with E-state index >= 15 is 0 Å². The van der Waals surface area contributed by atoms with Crippen LogP contribution in [0.1, 0.15) is 31.2 Å². The zero-order chi connectivity index (χ0) is 12.4. The molecule has 0 amide bonds. The lowest BCUT2D eigenvalue weighted by atomic mass is 9.66. The van der Waals surface area contributed by atoms with Gasteiger partial charge in [-0.15, -0.1) is 0 Å². The van der Waals surface area contributed by atoms with E-state index in [0.29, 0.717) is 5.41 Å². The fourth-order valence-electron chi connectivity index (χ4n) is 3.73. The average Bonchev–Trinajstić information content (AvgIpc) is 2.88. The number of methoxy groups -OCH3 is 1. The van der Waals surface area contributed by atoms with Crippen molar-refractivity contribution in [1.82, 2.24) is 5.32 Å². The first-order chi connectivity index (χ1) is 8.82. The molecule has 2 nitrogen and oxygen atoms in total. The second-order valence-corrected chi connectivity index (χ2v) is 5.98. The van der Waals surface area contributed by atoms with Gasteiger partial charge in [-0.05, 0) is 42.9 Å². The number of nitrogens with one attached hydrogen (secondary N) is 1. The van der Waals surface area contributed by atoms with Gasteiger partial charge in [-0.2, -0.15) is 0 Å². The van der Waals surface area contributed by atoms with Gasteiger partial charge in [-0.25, -0.2) is 0 Å². The van der Waals surface area contributed by atoms with Crippen LogP contribution in [-0.2, 0) is 6.42 Å². The molecule has 98 valence electrons. The van der Waals surface area contributed by atoms with E-state index in [1.165, 1.54) is 50.8 Å². The molecule has 2 fully saturated rings. The predicted molar refractivity (Wildman–Crippen MR) is 74.0 cm³/mol. The molecule has 1 saturated carbocycles. The summed E-state index contributed by atoms with van der Waals surface area (Å²) in [7, 11) is 1.75. The third-order valence-electron chi connectivity index (χ3n) is 4.87. The van der Waals surface area contributed by atoms with Crippen LogP contribution in [0.2, 0.25) is 0 Å². The largest absolute Gasteiger partial charge is 0.497 e. The van der Waals surface area contributed by atoms with E-state index < -0.39 is 0 Å². The highest BCUT2D eigenvalue weighted by Gasteiger charge is 2.44. The van der Waals surface area contributed by atoms with Crippen molar-refractivity contribution in [2.75, 3.05) is 20.2 Å². The number of benzene rings is 1. The second-order valence-electron chi connectivity index (χ2n) is 5.98. The molecule has 1 heterocycles. The van der Waals surface area contributed by atoms with Crippen molar-refractivity contribution in [3.05, 3.63) is 29.8 Å². The molecule has 18 heavy (non-hydrogen) atoms. The Morgan fingerprint density at radius 3 is 2.67 bits per heavy atom. The molecule has 1 N–H and O–H groups in total. The first-order valence-corrected chi connectivity index (χ1v) is 7.16. The molecular weight excluding hydrogens is 222 g/mol. The minimum absolute atomic E-state index is 0.531. The third kappa shape index (κ3) is 2.14. The summed E-state index contributed by atoms with van der Waals surface area (Å²) in [5.41, 5.74) is 1.96. The molecule has 0 radical (unpaired) electrons. The number of ether oxygens (including phenoxy) is 1. The zero-order valence-corrected chi connectivity index (χ0v) is 11.2. The van der Waals surface area contributed by atoms with Crippen LogP contribution in [0.4, 0.5) is 0 Å². The Labute approximate surface area is 110 Å². The highest BCUT2D eigenvalue weighted by Crippen LogP contribution is 2.45. The Morgan fingerprint density at radius 2 is 2.06 bits per heavy atom. The molecule has 0 spiro atoms. The summed E-state index contributed by atoms with van der Waals surface area (Å²) in [6.45, 7) is 2.41. The van der Waals surface area contributed by atoms with Crippen molar-refractivity contribution in [2.45, 2.75) is 32.1 Å². The Balaban J connectivity index is 1.76. The molecule has 2 aliphatic rings. The van der Waals surface area contributed by atoms with Crippen molar-refractivity contribution in [3.8, 4) is 5.75 Å². The molecule has 1 aliphatic heterocycles. The smallest absolute Gasteiger partial charge is 0.119 e. The van der Waals surface area contributed by atoms with Gasteiger partial charge in [0.15, 0.2) is 0 Å². The lowest BCUT2D eigenvalue weighted by molar-refractivity contribution is 0.0811. The Hall–Kier alpha value is -1.02. The van der Waals surface area contributed by atoms with E-state index in [9.17, 15) is 0 Å². The first kappa shape index (κ1) is 12.0. The second kappa shape index (κ2) is 4.93. The molecule has 3 rings (SSSR count). The number of hydrogen-bond acceptors (Lipinski definition) is 2. The summed E-state index contributed by atoms with van der Waals surface area (Å²) in [4.78, 5) is 0. The maximum absolute atomic E-state index is 5.33. The summed E-state index contributed by atoms with van der Waals surface area (Å²) in [5, 5.41) is 3.50. The molecular formula is C16H23NO. The van der Waals surface area contributed by atoms with Crippen LogP contribution in [0, 0.1) is 11.3 Å². The van der Waals surface area contributed by atoms with Crippen LogP contribution in [0.25, 0.3) is 0 Å². The van der Waals surface area contributed by atoms with Gasteiger partial charge in [-0.3, -0.25) is 0 Å². The Morgan fingerprint density at radius 1 is 1.28 bits per heavy atom. The lowest BCUT2D eigenvalue weighted by Gasteiger charge is -2.48. The van der Waals surface area contributed by atoms with Crippen molar-refractivity contribution >= 4 is 0 Å². The Bertz CT molecular complexity index is 405. The maximum atomic E-state index is 5.33. The molecule has 0 atom stereocenters. The molecule has 1 aliphatic carbocycles. The van der Waals surface area contributed by atoms with E-state index in [4.69, 9.17) is 4.74 Å². The zero-order valence-electron chi connectivity index (χ0n) is 11.2. The normalized spacial score (nSPS) is 22.7. The van der Waals surface area contributed by atoms with E-state index in [0.717, 1.165) is 11.7 Å². The van der Waals surface area contributed by atoms with Crippen LogP contribution in [0.3, 0.4) is 0 Å². The molecule has 0 bridgehead atoms. The highest BCUT2D eigenvalue weighted by molar-refractivity contribution is 5.30. The lowest BCUT2D eigenvalue weighted by Crippen LogP contribution is -2.58. The Kier molecular flexibility index (Phi) is 3.29. The summed E-state index contributed by atoms with van der Waals surface area (Å²) < 4.78 is 5.33. The molecule has 1 aromatic carbocycles. The summed E-state index contributed by atoms with van der Waals surface area (Å²) in [5.74, 6) is 1.92. The van der Waals surface area contributed by atoms with E-state index in [-0.39, 0.29) is 0 Å². The SMILES string of the molecule is COc1cccc(CC2(C3CCCC3)CNC2)c1. The first-order valence-electron chi connectivity index (χ1n) is 7.16. The standard InChI is InChI=1S/C16H23NO/c1-18-15-8-4-5-13(9-15)10-16(11-17-12-16)14-6-2-3-7-14/h4-5,8-9,14,17H,2-3,6-7,10-12H2,1H3. The van der Waals surface area contributed by atoms with Gasteiger partial charge in [0, 0.05) is 18.5 Å². The number of rotatable bonds is 4. The number of hydrogen-bond donors (Lipinski definition) is 1. The molecule has 0 unspecified atom stereocenters. The van der Waals surface area contributed by atoms with Crippen molar-refractivity contribution in [2.24, 2.45) is 11.3 Å². The van der Waals surface area contributed by atoms with Gasteiger partial charge < -0.3 is 10.1 Å². The maximum Gasteiger partial charge on any atom is 0.119 e. The minimum Gasteiger partial charge on any atom is -0.497 e. The van der Waals surface area contributed by atoms with Crippen molar-refractivity contribution in [3.63, 3.8) is 0 Å². The molecule has 0 aromatic heterocycles. The van der Waals surface area contributed by atoms with E-state index in [1.54, 1.807) is 7.11 Å². The molecule has 1 aromatic rings. The summed E-state index contributed by atoms with van der Waals surface area (Å²) in [6.07, 6.45) is 6.95. The third-order valence-corrected chi connectivity index (χ3v) is 4.87. The van der Waals surface area contributed by atoms with Crippen molar-refractivity contribution < 1.29 is 4.74 Å². The fourth-order valence-corrected chi connectivity index (χ4v) is 3.73. The monoisotopic (exact) mass is 245 g/mol. The molecule has 2 heteroatoms. The van der Waals surface area contributed by atoms with E-state index in [2.05, 4.69) is 23.5 Å². The fraction of sp³-hybridized carbons (Fsp3) is 0.625. The minimum atomic E-state index is 0.531. The van der Waals surface area contributed by atoms with Gasteiger partial charge in [0.25, 0.3) is 0 Å². The summed E-state index contributed by atoms with van der Waals surface area (Å²) in [6, 6.07) is 8.60. The predicted octanol–water partition coefficient (Wildman–Crippen LogP) is 3.02. The quantitative estimate of drug-likeness (QED) is 0.880. The van der Waals surface area contributed by atoms with Crippen molar-refractivity contribution in [1.29, 1.82) is 0 Å². The van der Waals surface area contributed by atoms with Gasteiger partial charge in [-0.1, -0.05) is 25.0 Å². The topological polar surface area (TPSA) is 21.3 Å². The van der Waals surface area contributed by atoms with Gasteiger partial charge in [0.1, 0.15) is 5.75 Å². The van der Waals surface area contributed by atoms with Gasteiger partial charge in [0.05, 0.1) is 7.11 Å². The van der Waals surface area contributed by atoms with E-state index in [1.807, 2.05) is 6.07 Å². The van der Waals surface area contributed by atoms with Crippen LogP contribution in [-0.4, -0.2) is 20.2 Å². The highest BCUT2D eigenvalue weighted by atomic mass is 16.5. The van der Waals surface area contributed by atoms with Crippen LogP contribution >= 0.6 is 0 Å². The molecule has 1 saturated heterocycles. The van der Waals surface area contributed by atoms with Crippen LogP contribution in [0.5, 0.6) is 5.75 Å². The van der Waals surface area contributed by atoms with Crippen LogP contribution in [0.15, 0.2) is 24.3 Å². The summed E-state index contributed by atoms with van der Waals surface area (Å²) >= 11 is 0. The van der Waals surface area contributed by atoms with Gasteiger partial charge in [0.2, 0.25) is 0 Å².